The Hall–Kier alpha value is -1.59. The van der Waals surface area contributed by atoms with Crippen LogP contribution in [-0.2, 0) is 4.79 Å². The monoisotopic (exact) mass is 127 g/mol. The van der Waals surface area contributed by atoms with E-state index in [0.717, 1.165) is 0 Å². The molecule has 0 fully saturated rings. The maximum Gasteiger partial charge on any atom is 0.270 e. The lowest BCUT2D eigenvalue weighted by atomic mass is 10.4. The highest BCUT2D eigenvalue weighted by molar-refractivity contribution is 6.60. The minimum Gasteiger partial charge on any atom is -0.364 e. The number of hydrogen-bond donors (Lipinski definition) is 3. The van der Waals surface area contributed by atoms with Crippen molar-refractivity contribution >= 4 is 17.8 Å². The van der Waals surface area contributed by atoms with Crippen LogP contribution in [0.25, 0.3) is 0 Å². The Balaban J connectivity index is 2.69. The van der Waals surface area contributed by atoms with Crippen molar-refractivity contribution in [3.63, 3.8) is 0 Å². The maximum atomic E-state index is 10.3. The molecule has 6 heteroatoms. The van der Waals surface area contributed by atoms with Gasteiger partial charge in [0, 0.05) is 0 Å². The van der Waals surface area contributed by atoms with E-state index in [2.05, 4.69) is 21.3 Å². The number of carbonyl (C=O) groups is 1. The molecule has 1 rings (SSSR count). The molecule has 0 aliphatic carbocycles. The summed E-state index contributed by atoms with van der Waals surface area (Å²) in [5, 5.41) is 6.92. The van der Waals surface area contributed by atoms with E-state index in [1.807, 2.05) is 0 Å². The van der Waals surface area contributed by atoms with Crippen LogP contribution in [0.4, 0.5) is 0 Å². The van der Waals surface area contributed by atoms with Gasteiger partial charge in [0.05, 0.1) is 6.21 Å². The van der Waals surface area contributed by atoms with Crippen molar-refractivity contribution in [1.29, 1.82) is 0 Å². The van der Waals surface area contributed by atoms with E-state index in [0.29, 0.717) is 0 Å². The molecule has 9 heavy (non-hydrogen) atoms. The topological polar surface area (TPSA) is 91.9 Å². The van der Waals surface area contributed by atoms with Gasteiger partial charge in [0.15, 0.2) is 5.71 Å². The molecule has 6 nitrogen and oxygen atoms in total. The molecule has 0 aromatic rings. The number of amides is 1. The number of nitrogens with two attached hydrogens (primary N) is 1. The highest BCUT2D eigenvalue weighted by Gasteiger charge is 2.04. The molecule has 0 aromatic carbocycles. The minimum absolute atomic E-state index is 0.105. The van der Waals surface area contributed by atoms with Gasteiger partial charge in [-0.05, 0) is 0 Å². The maximum absolute atomic E-state index is 10.3. The summed E-state index contributed by atoms with van der Waals surface area (Å²) in [6.07, 6.45) is 1.23. The van der Waals surface area contributed by atoms with Gasteiger partial charge in [-0.3, -0.25) is 4.79 Å². The first-order chi connectivity index (χ1) is 4.30. The summed E-state index contributed by atoms with van der Waals surface area (Å²) < 4.78 is 0. The van der Waals surface area contributed by atoms with Crippen LogP contribution in [0.2, 0.25) is 0 Å². The first-order valence-electron chi connectivity index (χ1n) is 2.21. The highest BCUT2D eigenvalue weighted by Crippen LogP contribution is 1.73. The lowest BCUT2D eigenvalue weighted by molar-refractivity contribution is -0.111. The zero-order valence-electron chi connectivity index (χ0n) is 4.46. The predicted molar refractivity (Wildman–Crippen MR) is 31.4 cm³/mol. The Labute approximate surface area is 50.8 Å². The predicted octanol–water partition coefficient (Wildman–Crippen LogP) is -2.08. The third-order valence-electron chi connectivity index (χ3n) is 0.730. The second kappa shape index (κ2) is 2.12. The lowest BCUT2D eigenvalue weighted by Gasteiger charge is -2.03. The van der Waals surface area contributed by atoms with Crippen molar-refractivity contribution < 1.29 is 4.79 Å². The summed E-state index contributed by atoms with van der Waals surface area (Å²) in [4.78, 5) is 10.3. The second-order valence-electron chi connectivity index (χ2n) is 1.34. The highest BCUT2D eigenvalue weighted by atomic mass is 16.1. The number of hydrazine groups is 1. The Bertz CT molecular complexity index is 183. The summed E-state index contributed by atoms with van der Waals surface area (Å²) in [5.74, 6) is -0.604. The fourth-order valence-electron chi connectivity index (χ4n) is 0.355. The van der Waals surface area contributed by atoms with Crippen LogP contribution in [0.5, 0.6) is 0 Å². The van der Waals surface area contributed by atoms with Gasteiger partial charge in [-0.15, -0.1) is 0 Å². The molecule has 0 saturated heterocycles. The number of hydrogen-bond acceptors (Lipinski definition) is 5. The standard InChI is InChI=1S/C3H5N5O/c4-3(9)2-1-5-7-8-6-2/h1,7-8H,(H2,4,9). The van der Waals surface area contributed by atoms with E-state index in [4.69, 9.17) is 5.73 Å². The second-order valence-corrected chi connectivity index (χ2v) is 1.34. The van der Waals surface area contributed by atoms with E-state index in [-0.39, 0.29) is 5.71 Å². The van der Waals surface area contributed by atoms with E-state index in [1.54, 1.807) is 0 Å². The van der Waals surface area contributed by atoms with E-state index in [9.17, 15) is 4.79 Å². The number of primary amides is 1. The van der Waals surface area contributed by atoms with Crippen LogP contribution in [0.3, 0.4) is 0 Å². The molecule has 0 saturated carbocycles. The molecule has 1 heterocycles. The molecule has 0 radical (unpaired) electrons. The summed E-state index contributed by atoms with van der Waals surface area (Å²) in [5.41, 5.74) is 9.49. The van der Waals surface area contributed by atoms with Crippen molar-refractivity contribution in [2.45, 2.75) is 0 Å². The third kappa shape index (κ3) is 1.15. The molecule has 4 N–H and O–H groups in total. The van der Waals surface area contributed by atoms with Gasteiger partial charge in [0.25, 0.3) is 5.91 Å². The average molecular weight is 127 g/mol. The molecular formula is C3H5N5O. The molecule has 0 bridgehead atoms. The van der Waals surface area contributed by atoms with Crippen LogP contribution in [0.1, 0.15) is 0 Å². The van der Waals surface area contributed by atoms with E-state index >= 15 is 0 Å². The van der Waals surface area contributed by atoms with Crippen molar-refractivity contribution in [2.75, 3.05) is 0 Å². The van der Waals surface area contributed by atoms with Crippen LogP contribution in [-0.4, -0.2) is 17.8 Å². The van der Waals surface area contributed by atoms with Gasteiger partial charge in [0.2, 0.25) is 0 Å². The summed E-state index contributed by atoms with van der Waals surface area (Å²) in [6.45, 7) is 0. The quantitative estimate of drug-likeness (QED) is 0.377. The Morgan fingerprint density at radius 2 is 2.44 bits per heavy atom. The number of hydrazone groups is 2. The molecule has 0 spiro atoms. The van der Waals surface area contributed by atoms with Crippen molar-refractivity contribution in [2.24, 2.45) is 15.9 Å². The fraction of sp³-hybridized carbons (Fsp3) is 0. The van der Waals surface area contributed by atoms with Crippen LogP contribution in [0.15, 0.2) is 10.2 Å². The molecule has 0 unspecified atom stereocenters. The number of nitrogens with zero attached hydrogens (tertiary/aromatic N) is 2. The van der Waals surface area contributed by atoms with Gasteiger partial charge in [-0.2, -0.15) is 10.2 Å². The Kier molecular flexibility index (Phi) is 1.31. The van der Waals surface area contributed by atoms with Gasteiger partial charge >= 0.3 is 0 Å². The van der Waals surface area contributed by atoms with Crippen molar-refractivity contribution in [1.82, 2.24) is 11.1 Å². The summed E-state index contributed by atoms with van der Waals surface area (Å²) in [7, 11) is 0. The van der Waals surface area contributed by atoms with Crippen LogP contribution in [0, 0.1) is 0 Å². The largest absolute Gasteiger partial charge is 0.364 e. The zero-order chi connectivity index (χ0) is 6.69. The fourth-order valence-corrected chi connectivity index (χ4v) is 0.355. The van der Waals surface area contributed by atoms with E-state index in [1.165, 1.54) is 6.21 Å². The molecule has 0 aromatic heterocycles. The molecule has 1 aliphatic heterocycles. The van der Waals surface area contributed by atoms with Gasteiger partial charge in [-0.1, -0.05) is 0 Å². The summed E-state index contributed by atoms with van der Waals surface area (Å²) in [6, 6.07) is 0. The zero-order valence-corrected chi connectivity index (χ0v) is 4.46. The third-order valence-corrected chi connectivity index (χ3v) is 0.730. The van der Waals surface area contributed by atoms with Crippen molar-refractivity contribution in [3.05, 3.63) is 0 Å². The number of rotatable bonds is 1. The molecule has 1 amide bonds. The lowest BCUT2D eigenvalue weighted by Crippen LogP contribution is -2.35. The summed E-state index contributed by atoms with van der Waals surface area (Å²) >= 11 is 0. The molecule has 0 atom stereocenters. The van der Waals surface area contributed by atoms with E-state index < -0.39 is 5.91 Å². The van der Waals surface area contributed by atoms with Gasteiger partial charge in [-0.25, -0.2) is 11.1 Å². The van der Waals surface area contributed by atoms with Crippen LogP contribution < -0.4 is 16.8 Å². The Morgan fingerprint density at radius 1 is 1.67 bits per heavy atom. The smallest absolute Gasteiger partial charge is 0.270 e. The first-order valence-corrected chi connectivity index (χ1v) is 2.21. The SMILES string of the molecule is NC(=O)C1=NNNN=C1. The number of nitrogens with one attached hydrogen (secondary N) is 2. The first kappa shape index (κ1) is 5.54. The molecule has 1 aliphatic rings. The van der Waals surface area contributed by atoms with Crippen molar-refractivity contribution in [3.8, 4) is 0 Å². The molecule has 48 valence electrons. The number of carbonyl (C=O) groups excluding carboxylic acids is 1. The average Bonchev–Trinajstić information content (AvgIpc) is 1.90. The van der Waals surface area contributed by atoms with Gasteiger partial charge in [0.1, 0.15) is 0 Å². The van der Waals surface area contributed by atoms with Gasteiger partial charge < -0.3 is 5.73 Å². The normalized spacial score (nSPS) is 15.3. The molecular weight excluding hydrogens is 122 g/mol. The van der Waals surface area contributed by atoms with Crippen LogP contribution >= 0.6 is 0 Å². The Morgan fingerprint density at radius 3 is 2.78 bits per heavy atom. The minimum atomic E-state index is -0.604.